The molecule has 0 radical (unpaired) electrons. The Balaban J connectivity index is 1.46. The Morgan fingerprint density at radius 2 is 1.92 bits per heavy atom. The molecule has 0 aromatic heterocycles. The molecule has 0 unspecified atom stereocenters. The normalized spacial score (nSPS) is 27.9. The van der Waals surface area contributed by atoms with Gasteiger partial charge in [0, 0.05) is 32.2 Å². The third-order valence-electron chi connectivity index (χ3n) is 5.52. The molecular weight excluding hydrogens is 323 g/mol. The highest BCUT2D eigenvalue weighted by molar-refractivity contribution is 5.99. The molecule has 3 aliphatic heterocycles. The number of amides is 3. The first kappa shape index (κ1) is 16.3. The minimum absolute atomic E-state index is 0.00224. The summed E-state index contributed by atoms with van der Waals surface area (Å²) in [7, 11) is 0. The Morgan fingerprint density at radius 1 is 1.08 bits per heavy atom. The maximum Gasteiger partial charge on any atom is 0.317 e. The van der Waals surface area contributed by atoms with Crippen LogP contribution in [0.5, 0.6) is 0 Å². The van der Waals surface area contributed by atoms with Crippen LogP contribution in [0, 0.1) is 5.82 Å². The van der Waals surface area contributed by atoms with Crippen molar-refractivity contribution in [2.45, 2.75) is 31.3 Å². The number of rotatable bonds is 3. The van der Waals surface area contributed by atoms with E-state index in [1.807, 2.05) is 4.90 Å². The monoisotopic (exact) mass is 346 g/mol. The third-order valence-corrected chi connectivity index (χ3v) is 5.52. The minimum Gasteiger partial charge on any atom is -0.336 e. The molecule has 134 valence electrons. The minimum atomic E-state index is -0.359. The molecular formula is C18H23FN4O2. The SMILES string of the molecule is O=C1[C@H](N2CCC[C@H](N3CCNC3=O)C2)CCN1c1ccccc1F. The Kier molecular flexibility index (Phi) is 4.33. The second-order valence-corrected chi connectivity index (χ2v) is 6.96. The summed E-state index contributed by atoms with van der Waals surface area (Å²) in [5.74, 6) is -0.390. The molecule has 3 amide bonds. The summed E-state index contributed by atoms with van der Waals surface area (Å²) in [5.41, 5.74) is 0.363. The van der Waals surface area contributed by atoms with Crippen molar-refractivity contribution in [3.8, 4) is 0 Å². The first-order valence-electron chi connectivity index (χ1n) is 8.99. The standard InChI is InChI=1S/C18H23FN4O2/c19-14-5-1-2-6-15(14)23-10-7-16(17(23)24)21-9-3-4-13(12-21)22-11-8-20-18(22)25/h1-2,5-6,13,16H,3-4,7-12H2,(H,20,25)/t13-,16+/m0/s1. The van der Waals surface area contributed by atoms with E-state index in [2.05, 4.69) is 10.2 Å². The van der Waals surface area contributed by atoms with Crippen LogP contribution < -0.4 is 10.2 Å². The van der Waals surface area contributed by atoms with E-state index >= 15 is 0 Å². The molecule has 2 atom stereocenters. The Bertz CT molecular complexity index is 683. The number of urea groups is 1. The lowest BCUT2D eigenvalue weighted by molar-refractivity contribution is -0.122. The van der Waals surface area contributed by atoms with Gasteiger partial charge in [0.15, 0.2) is 0 Å². The summed E-state index contributed by atoms with van der Waals surface area (Å²) >= 11 is 0. The lowest BCUT2D eigenvalue weighted by Gasteiger charge is -2.39. The van der Waals surface area contributed by atoms with E-state index in [4.69, 9.17) is 0 Å². The van der Waals surface area contributed by atoms with E-state index in [0.29, 0.717) is 25.2 Å². The van der Waals surface area contributed by atoms with Crippen LogP contribution >= 0.6 is 0 Å². The van der Waals surface area contributed by atoms with Gasteiger partial charge in [0.2, 0.25) is 5.91 Å². The van der Waals surface area contributed by atoms with Crippen molar-refractivity contribution in [1.29, 1.82) is 0 Å². The lowest BCUT2D eigenvalue weighted by Crippen LogP contribution is -2.53. The number of piperidine rings is 1. The predicted octanol–water partition coefficient (Wildman–Crippen LogP) is 1.42. The molecule has 3 heterocycles. The van der Waals surface area contributed by atoms with Crippen LogP contribution in [-0.4, -0.2) is 66.5 Å². The Morgan fingerprint density at radius 3 is 2.68 bits per heavy atom. The molecule has 0 aliphatic carbocycles. The number of para-hydroxylation sites is 1. The van der Waals surface area contributed by atoms with Gasteiger partial charge in [0.05, 0.1) is 11.7 Å². The fraction of sp³-hybridized carbons (Fsp3) is 0.556. The highest BCUT2D eigenvalue weighted by Crippen LogP contribution is 2.29. The zero-order valence-corrected chi connectivity index (χ0v) is 14.2. The lowest BCUT2D eigenvalue weighted by atomic mass is 10.0. The van der Waals surface area contributed by atoms with Gasteiger partial charge < -0.3 is 15.1 Å². The molecule has 3 aliphatic rings. The molecule has 7 heteroatoms. The van der Waals surface area contributed by atoms with E-state index < -0.39 is 0 Å². The first-order valence-corrected chi connectivity index (χ1v) is 8.99. The van der Waals surface area contributed by atoms with Gasteiger partial charge in [-0.1, -0.05) is 12.1 Å². The maximum absolute atomic E-state index is 14.0. The number of halogens is 1. The van der Waals surface area contributed by atoms with Crippen LogP contribution in [0.2, 0.25) is 0 Å². The highest BCUT2D eigenvalue weighted by atomic mass is 19.1. The Hall–Kier alpha value is -2.15. The van der Waals surface area contributed by atoms with Gasteiger partial charge in [-0.15, -0.1) is 0 Å². The summed E-state index contributed by atoms with van der Waals surface area (Å²) in [6.07, 6.45) is 2.64. The van der Waals surface area contributed by atoms with E-state index in [0.717, 1.165) is 32.5 Å². The number of nitrogens with one attached hydrogen (secondary N) is 1. The number of nitrogens with zero attached hydrogens (tertiary/aromatic N) is 3. The molecule has 6 nitrogen and oxygen atoms in total. The summed E-state index contributed by atoms with van der Waals surface area (Å²) in [5, 5.41) is 2.85. The van der Waals surface area contributed by atoms with Gasteiger partial charge in [0.1, 0.15) is 5.82 Å². The van der Waals surface area contributed by atoms with E-state index in [1.165, 1.54) is 6.07 Å². The second-order valence-electron chi connectivity index (χ2n) is 6.96. The van der Waals surface area contributed by atoms with Gasteiger partial charge in [-0.2, -0.15) is 0 Å². The number of hydrogen-bond donors (Lipinski definition) is 1. The molecule has 3 saturated heterocycles. The van der Waals surface area contributed by atoms with E-state index in [-0.39, 0.29) is 29.8 Å². The number of likely N-dealkylation sites (tertiary alicyclic amines) is 1. The van der Waals surface area contributed by atoms with Gasteiger partial charge in [0.25, 0.3) is 0 Å². The largest absolute Gasteiger partial charge is 0.336 e. The molecule has 3 fully saturated rings. The van der Waals surface area contributed by atoms with Crippen molar-refractivity contribution in [1.82, 2.24) is 15.1 Å². The topological polar surface area (TPSA) is 55.9 Å². The summed E-state index contributed by atoms with van der Waals surface area (Å²) < 4.78 is 14.0. The van der Waals surface area contributed by atoms with Crippen LogP contribution in [0.3, 0.4) is 0 Å². The average molecular weight is 346 g/mol. The molecule has 0 saturated carbocycles. The molecule has 1 aromatic carbocycles. The van der Waals surface area contributed by atoms with Crippen molar-refractivity contribution in [2.75, 3.05) is 37.6 Å². The Labute approximate surface area is 146 Å². The van der Waals surface area contributed by atoms with Gasteiger partial charge >= 0.3 is 6.03 Å². The fourth-order valence-electron chi connectivity index (χ4n) is 4.27. The highest BCUT2D eigenvalue weighted by Gasteiger charge is 2.40. The van der Waals surface area contributed by atoms with E-state index in [1.54, 1.807) is 23.1 Å². The quantitative estimate of drug-likeness (QED) is 0.901. The zero-order valence-electron chi connectivity index (χ0n) is 14.2. The number of carbonyl (C=O) groups is 2. The van der Waals surface area contributed by atoms with Gasteiger partial charge in [-0.05, 0) is 37.9 Å². The van der Waals surface area contributed by atoms with Gasteiger partial charge in [-0.25, -0.2) is 9.18 Å². The average Bonchev–Trinajstić information content (AvgIpc) is 3.21. The molecule has 4 rings (SSSR count). The van der Waals surface area contributed by atoms with Crippen molar-refractivity contribution in [3.63, 3.8) is 0 Å². The third kappa shape index (κ3) is 2.97. The number of anilines is 1. The van der Waals surface area contributed by atoms with Crippen LogP contribution in [0.1, 0.15) is 19.3 Å². The fourth-order valence-corrected chi connectivity index (χ4v) is 4.27. The van der Waals surface area contributed by atoms with Crippen LogP contribution in [-0.2, 0) is 4.79 Å². The summed E-state index contributed by atoms with van der Waals surface area (Å²) in [4.78, 5) is 30.4. The van der Waals surface area contributed by atoms with E-state index in [9.17, 15) is 14.0 Å². The smallest absolute Gasteiger partial charge is 0.317 e. The van der Waals surface area contributed by atoms with Crippen molar-refractivity contribution >= 4 is 17.6 Å². The predicted molar refractivity (Wildman–Crippen MR) is 91.9 cm³/mol. The molecule has 1 N–H and O–H groups in total. The molecule has 0 bridgehead atoms. The summed E-state index contributed by atoms with van der Waals surface area (Å²) in [6.45, 7) is 3.54. The van der Waals surface area contributed by atoms with Crippen molar-refractivity contribution < 1.29 is 14.0 Å². The number of hydrogen-bond acceptors (Lipinski definition) is 3. The molecule has 1 aromatic rings. The maximum atomic E-state index is 14.0. The second kappa shape index (κ2) is 6.63. The van der Waals surface area contributed by atoms with Crippen LogP contribution in [0.25, 0.3) is 0 Å². The van der Waals surface area contributed by atoms with Crippen LogP contribution in [0.15, 0.2) is 24.3 Å². The number of carbonyl (C=O) groups excluding carboxylic acids is 2. The molecule has 0 spiro atoms. The van der Waals surface area contributed by atoms with Crippen molar-refractivity contribution in [2.24, 2.45) is 0 Å². The summed E-state index contributed by atoms with van der Waals surface area (Å²) in [6, 6.07) is 6.37. The van der Waals surface area contributed by atoms with Gasteiger partial charge in [-0.3, -0.25) is 9.69 Å². The van der Waals surface area contributed by atoms with Crippen molar-refractivity contribution in [3.05, 3.63) is 30.1 Å². The number of benzene rings is 1. The molecule has 25 heavy (non-hydrogen) atoms. The zero-order chi connectivity index (χ0) is 17.4. The van der Waals surface area contributed by atoms with Crippen LogP contribution in [0.4, 0.5) is 14.9 Å². The first-order chi connectivity index (χ1) is 12.1.